The van der Waals surface area contributed by atoms with Crippen molar-refractivity contribution in [2.75, 3.05) is 0 Å². The lowest BCUT2D eigenvalue weighted by atomic mass is 10.2. The molecule has 1 aromatic carbocycles. The molecule has 0 N–H and O–H groups in total. The number of hydrogen-bond acceptors (Lipinski definition) is 3. The predicted octanol–water partition coefficient (Wildman–Crippen LogP) is 2.99. The minimum absolute atomic E-state index is 0.482. The average molecular weight is 249 g/mol. The third-order valence-corrected chi connectivity index (χ3v) is 3.18. The smallest absolute Gasteiger partial charge is 0.203 e. The molecule has 2 aromatic heterocycles. The van der Waals surface area contributed by atoms with Crippen molar-refractivity contribution in [3.63, 3.8) is 0 Å². The van der Waals surface area contributed by atoms with Crippen LogP contribution >= 0.6 is 23.1 Å². The van der Waals surface area contributed by atoms with Crippen molar-refractivity contribution < 1.29 is 0 Å². The Hall–Kier alpha value is -1.39. The van der Waals surface area contributed by atoms with Gasteiger partial charge >= 0.3 is 0 Å². The van der Waals surface area contributed by atoms with Gasteiger partial charge < -0.3 is 4.57 Å². The van der Waals surface area contributed by atoms with Gasteiger partial charge in [0.05, 0.1) is 6.54 Å². The van der Waals surface area contributed by atoms with Gasteiger partial charge in [0.1, 0.15) is 0 Å². The highest BCUT2D eigenvalue weighted by Crippen LogP contribution is 2.17. The molecule has 3 aromatic rings. The summed E-state index contributed by atoms with van der Waals surface area (Å²) in [7, 11) is 0. The van der Waals surface area contributed by atoms with Crippen LogP contribution in [0.1, 0.15) is 5.82 Å². The molecule has 0 saturated heterocycles. The molecule has 0 fully saturated rings. The highest BCUT2D eigenvalue weighted by Gasteiger charge is 2.05. The van der Waals surface area contributed by atoms with Crippen molar-refractivity contribution in [1.82, 2.24) is 13.9 Å². The molecule has 1 radical (unpaired) electrons. The van der Waals surface area contributed by atoms with Gasteiger partial charge in [0, 0.05) is 23.2 Å². The summed E-state index contributed by atoms with van der Waals surface area (Å²) in [5, 5.41) is 1.10. The minimum atomic E-state index is 0.482. The van der Waals surface area contributed by atoms with Gasteiger partial charge in [-0.2, -0.15) is 4.37 Å². The fourth-order valence-electron chi connectivity index (χ4n) is 1.64. The lowest BCUT2D eigenvalue weighted by Crippen LogP contribution is -1.99. The van der Waals surface area contributed by atoms with E-state index in [1.54, 1.807) is 0 Å². The molecule has 0 spiro atoms. The number of aromatic nitrogens is 3. The molecular formula is C11H7ClN3S. The third kappa shape index (κ3) is 1.70. The van der Waals surface area contributed by atoms with Crippen LogP contribution < -0.4 is 0 Å². The van der Waals surface area contributed by atoms with Crippen LogP contribution in [0.25, 0.3) is 10.9 Å². The maximum atomic E-state index is 5.75. The van der Waals surface area contributed by atoms with E-state index in [4.69, 9.17) is 11.6 Å². The average Bonchev–Trinajstić information content (AvgIpc) is 2.87. The van der Waals surface area contributed by atoms with Gasteiger partial charge in [0.2, 0.25) is 4.47 Å². The Labute approximate surface area is 101 Å². The monoisotopic (exact) mass is 248 g/mol. The first-order valence-corrected chi connectivity index (χ1v) is 5.92. The molecule has 2 heterocycles. The number of nitrogens with zero attached hydrogens (tertiary/aromatic N) is 3. The summed E-state index contributed by atoms with van der Waals surface area (Å²) in [6.45, 7) is 0.632. The zero-order valence-electron chi connectivity index (χ0n) is 8.22. The molecule has 3 rings (SSSR count). The molecular weight excluding hydrogens is 242 g/mol. The van der Waals surface area contributed by atoms with Crippen LogP contribution in [0.3, 0.4) is 0 Å². The first kappa shape index (κ1) is 9.81. The van der Waals surface area contributed by atoms with E-state index >= 15 is 0 Å². The number of benzene rings is 1. The summed E-state index contributed by atoms with van der Waals surface area (Å²) in [4.78, 5) is 4.13. The minimum Gasteiger partial charge on any atom is -0.339 e. The molecule has 0 saturated carbocycles. The molecule has 0 bridgehead atoms. The van der Waals surface area contributed by atoms with E-state index in [9.17, 15) is 0 Å². The second-order valence-corrected chi connectivity index (χ2v) is 4.72. The molecule has 0 aliphatic carbocycles. The van der Waals surface area contributed by atoms with Crippen molar-refractivity contribution in [2.45, 2.75) is 6.54 Å². The van der Waals surface area contributed by atoms with E-state index in [-0.39, 0.29) is 0 Å². The molecule has 0 amide bonds. The van der Waals surface area contributed by atoms with Crippen molar-refractivity contribution in [2.24, 2.45) is 0 Å². The summed E-state index contributed by atoms with van der Waals surface area (Å²) in [5.74, 6) is 0.741. The van der Waals surface area contributed by atoms with E-state index in [2.05, 4.69) is 26.1 Å². The Morgan fingerprint density at radius 1 is 1.38 bits per heavy atom. The number of para-hydroxylation sites is 1. The second kappa shape index (κ2) is 3.88. The van der Waals surface area contributed by atoms with Crippen LogP contribution in [0.15, 0.2) is 30.5 Å². The van der Waals surface area contributed by atoms with E-state index in [0.717, 1.165) is 16.7 Å². The first-order chi connectivity index (χ1) is 7.83. The fourth-order valence-corrected chi connectivity index (χ4v) is 2.27. The summed E-state index contributed by atoms with van der Waals surface area (Å²) in [6.07, 6.45) is 1.92. The normalized spacial score (nSPS) is 11.1. The summed E-state index contributed by atoms with van der Waals surface area (Å²) < 4.78 is 6.71. The summed E-state index contributed by atoms with van der Waals surface area (Å²) in [5.41, 5.74) is 1.13. The maximum absolute atomic E-state index is 5.75. The third-order valence-electron chi connectivity index (χ3n) is 2.34. The first-order valence-electron chi connectivity index (χ1n) is 4.76. The SMILES string of the molecule is Clc1nc(Cn2c[c]c3ccccc32)ns1. The number of hydrogen-bond donors (Lipinski definition) is 0. The van der Waals surface area contributed by atoms with Gasteiger partial charge in [-0.25, -0.2) is 4.98 Å². The summed E-state index contributed by atoms with van der Waals surface area (Å²) in [6, 6.07) is 11.3. The largest absolute Gasteiger partial charge is 0.339 e. The Morgan fingerprint density at radius 2 is 2.25 bits per heavy atom. The quantitative estimate of drug-likeness (QED) is 0.698. The van der Waals surface area contributed by atoms with Gasteiger partial charge in [0.15, 0.2) is 5.82 Å². The van der Waals surface area contributed by atoms with Gasteiger partial charge in [-0.1, -0.05) is 18.2 Å². The topological polar surface area (TPSA) is 30.7 Å². The number of rotatable bonds is 2. The van der Waals surface area contributed by atoms with Crippen molar-refractivity contribution in [3.8, 4) is 0 Å². The lowest BCUT2D eigenvalue weighted by molar-refractivity contribution is 0.790. The van der Waals surface area contributed by atoms with E-state index in [1.165, 1.54) is 11.5 Å². The van der Waals surface area contributed by atoms with Crippen molar-refractivity contribution >= 4 is 34.0 Å². The van der Waals surface area contributed by atoms with Gasteiger partial charge in [-0.05, 0) is 29.2 Å². The molecule has 0 aliphatic heterocycles. The molecule has 0 atom stereocenters. The lowest BCUT2D eigenvalue weighted by Gasteiger charge is -2.00. The molecule has 0 unspecified atom stereocenters. The Morgan fingerprint density at radius 3 is 3.06 bits per heavy atom. The van der Waals surface area contributed by atoms with Crippen molar-refractivity contribution in [1.29, 1.82) is 0 Å². The number of halogens is 1. The standard InChI is InChI=1S/C11H7ClN3S/c12-11-13-10(14-16-11)7-15-6-5-8-3-1-2-4-9(8)15/h1-4,6H,7H2. The predicted molar refractivity (Wildman–Crippen MR) is 64.8 cm³/mol. The van der Waals surface area contributed by atoms with E-state index in [0.29, 0.717) is 11.0 Å². The van der Waals surface area contributed by atoms with Gasteiger partial charge in [-0.3, -0.25) is 0 Å². The van der Waals surface area contributed by atoms with Crippen LogP contribution in [-0.4, -0.2) is 13.9 Å². The Kier molecular flexibility index (Phi) is 2.38. The number of fused-ring (bicyclic) bond motifs is 1. The highest BCUT2D eigenvalue weighted by atomic mass is 35.5. The summed E-state index contributed by atoms with van der Waals surface area (Å²) >= 11 is 6.96. The zero-order valence-corrected chi connectivity index (χ0v) is 9.79. The second-order valence-electron chi connectivity index (χ2n) is 3.38. The molecule has 0 aliphatic rings. The van der Waals surface area contributed by atoms with E-state index < -0.39 is 0 Å². The van der Waals surface area contributed by atoms with Crippen LogP contribution in [-0.2, 0) is 6.54 Å². The Bertz CT molecular complexity index is 629. The van der Waals surface area contributed by atoms with Crippen molar-refractivity contribution in [3.05, 3.63) is 46.8 Å². The molecule has 16 heavy (non-hydrogen) atoms. The highest BCUT2D eigenvalue weighted by molar-refractivity contribution is 7.10. The molecule has 3 nitrogen and oxygen atoms in total. The van der Waals surface area contributed by atoms with Crippen LogP contribution in [0.5, 0.6) is 0 Å². The van der Waals surface area contributed by atoms with Crippen LogP contribution in [0.4, 0.5) is 0 Å². The van der Waals surface area contributed by atoms with Gasteiger partial charge in [0.25, 0.3) is 0 Å². The zero-order chi connectivity index (χ0) is 11.0. The fraction of sp³-hybridized carbons (Fsp3) is 0.0909. The van der Waals surface area contributed by atoms with Crippen LogP contribution in [0.2, 0.25) is 4.47 Å². The molecule has 79 valence electrons. The maximum Gasteiger partial charge on any atom is 0.203 e. The molecule has 5 heteroatoms. The Balaban J connectivity index is 2.00. The van der Waals surface area contributed by atoms with Gasteiger partial charge in [-0.15, -0.1) is 0 Å². The van der Waals surface area contributed by atoms with Crippen LogP contribution in [0, 0.1) is 6.07 Å². The van der Waals surface area contributed by atoms with E-state index in [1.807, 2.05) is 24.4 Å².